The second-order valence-corrected chi connectivity index (χ2v) is 4.85. The number of hydrogen-bond donors (Lipinski definition) is 0. The number of ketones is 1. The van der Waals surface area contributed by atoms with E-state index in [4.69, 9.17) is 4.74 Å². The number of aryl methyl sites for hydroxylation is 1. The minimum atomic E-state index is -2.95. The number of halogens is 2. The lowest BCUT2D eigenvalue weighted by molar-refractivity contribution is -0.0512. The Balaban J connectivity index is 2.17. The summed E-state index contributed by atoms with van der Waals surface area (Å²) in [5.74, 6) is -0.283. The zero-order valence-corrected chi connectivity index (χ0v) is 12.8. The summed E-state index contributed by atoms with van der Waals surface area (Å²) in [6.07, 6.45) is 3.12. The van der Waals surface area contributed by atoms with Crippen molar-refractivity contribution < 1.29 is 23.0 Å². The van der Waals surface area contributed by atoms with Gasteiger partial charge in [-0.15, -0.1) is 0 Å². The highest BCUT2D eigenvalue weighted by molar-refractivity contribution is 6.07. The molecule has 0 aliphatic carbocycles. The lowest BCUT2D eigenvalue weighted by Gasteiger charge is -2.10. The third kappa shape index (κ3) is 4.64. The Bertz CT molecular complexity index is 707. The monoisotopic (exact) mass is 318 g/mol. The SMILES string of the molecule is COc1cc(C(=O)C=Cc2ccc(C)cc2)ccc1OC(F)F. The molecule has 2 rings (SSSR count). The van der Waals surface area contributed by atoms with Gasteiger partial charge >= 0.3 is 6.61 Å². The van der Waals surface area contributed by atoms with E-state index in [1.165, 1.54) is 31.4 Å². The molecular formula is C18H16F2O3. The smallest absolute Gasteiger partial charge is 0.387 e. The van der Waals surface area contributed by atoms with Crippen molar-refractivity contribution in [3.63, 3.8) is 0 Å². The van der Waals surface area contributed by atoms with Gasteiger partial charge in [-0.05, 0) is 36.8 Å². The molecule has 0 aliphatic heterocycles. The molecule has 0 fully saturated rings. The van der Waals surface area contributed by atoms with Crippen molar-refractivity contribution in [3.8, 4) is 11.5 Å². The van der Waals surface area contributed by atoms with Gasteiger partial charge in [0.1, 0.15) is 0 Å². The maximum atomic E-state index is 12.3. The van der Waals surface area contributed by atoms with Crippen LogP contribution >= 0.6 is 0 Å². The maximum absolute atomic E-state index is 12.3. The number of allylic oxidation sites excluding steroid dienone is 1. The summed E-state index contributed by atoms with van der Waals surface area (Å²) < 4.78 is 33.9. The molecule has 0 aromatic heterocycles. The van der Waals surface area contributed by atoms with Gasteiger partial charge in [0, 0.05) is 5.56 Å². The van der Waals surface area contributed by atoms with Crippen LogP contribution in [0, 0.1) is 6.92 Å². The van der Waals surface area contributed by atoms with Gasteiger partial charge in [0.15, 0.2) is 17.3 Å². The minimum Gasteiger partial charge on any atom is -0.493 e. The van der Waals surface area contributed by atoms with Gasteiger partial charge in [0.2, 0.25) is 0 Å². The molecule has 2 aromatic rings. The Morgan fingerprint density at radius 1 is 1.09 bits per heavy atom. The first kappa shape index (κ1) is 16.7. The molecule has 0 spiro atoms. The van der Waals surface area contributed by atoms with Crippen LogP contribution in [0.1, 0.15) is 21.5 Å². The Kier molecular flexibility index (Phi) is 5.46. The molecule has 0 heterocycles. The summed E-state index contributed by atoms with van der Waals surface area (Å²) in [7, 11) is 1.32. The van der Waals surface area contributed by atoms with Crippen molar-refractivity contribution in [2.75, 3.05) is 7.11 Å². The molecule has 0 atom stereocenters. The van der Waals surface area contributed by atoms with E-state index in [9.17, 15) is 13.6 Å². The van der Waals surface area contributed by atoms with Crippen molar-refractivity contribution in [2.24, 2.45) is 0 Å². The Morgan fingerprint density at radius 2 is 1.78 bits per heavy atom. The Morgan fingerprint density at radius 3 is 2.39 bits per heavy atom. The van der Waals surface area contributed by atoms with Gasteiger partial charge in [-0.3, -0.25) is 4.79 Å². The van der Waals surface area contributed by atoms with Gasteiger partial charge < -0.3 is 9.47 Å². The van der Waals surface area contributed by atoms with Crippen LogP contribution in [-0.2, 0) is 0 Å². The quantitative estimate of drug-likeness (QED) is 0.581. The van der Waals surface area contributed by atoms with Crippen LogP contribution in [0.15, 0.2) is 48.5 Å². The first-order chi connectivity index (χ1) is 11.0. The zero-order chi connectivity index (χ0) is 16.8. The average molecular weight is 318 g/mol. The number of ether oxygens (including phenoxy) is 2. The number of alkyl halides is 2. The largest absolute Gasteiger partial charge is 0.493 e. The van der Waals surface area contributed by atoms with Crippen LogP contribution in [0.4, 0.5) is 8.78 Å². The number of carbonyl (C=O) groups excluding carboxylic acids is 1. The van der Waals surface area contributed by atoms with Crippen molar-refractivity contribution in [2.45, 2.75) is 13.5 Å². The fourth-order valence-electron chi connectivity index (χ4n) is 1.96. The molecule has 0 radical (unpaired) electrons. The molecular weight excluding hydrogens is 302 g/mol. The maximum Gasteiger partial charge on any atom is 0.387 e. The number of rotatable bonds is 6. The highest BCUT2D eigenvalue weighted by Crippen LogP contribution is 2.29. The van der Waals surface area contributed by atoms with E-state index < -0.39 is 6.61 Å². The van der Waals surface area contributed by atoms with Crippen molar-refractivity contribution in [1.82, 2.24) is 0 Å². The predicted octanol–water partition coefficient (Wildman–Crippen LogP) is 4.50. The van der Waals surface area contributed by atoms with Crippen molar-refractivity contribution >= 4 is 11.9 Å². The van der Waals surface area contributed by atoms with Gasteiger partial charge in [-0.25, -0.2) is 0 Å². The van der Waals surface area contributed by atoms with E-state index in [0.717, 1.165) is 11.1 Å². The molecule has 0 unspecified atom stereocenters. The minimum absolute atomic E-state index is 0.0832. The van der Waals surface area contributed by atoms with Crippen LogP contribution in [0.5, 0.6) is 11.5 Å². The average Bonchev–Trinajstić information content (AvgIpc) is 2.54. The van der Waals surface area contributed by atoms with Crippen LogP contribution in [0.25, 0.3) is 6.08 Å². The van der Waals surface area contributed by atoms with Crippen LogP contribution in [0.2, 0.25) is 0 Å². The van der Waals surface area contributed by atoms with Crippen LogP contribution in [-0.4, -0.2) is 19.5 Å². The molecule has 0 amide bonds. The summed E-state index contributed by atoms with van der Waals surface area (Å²) in [5.41, 5.74) is 2.35. The molecule has 120 valence electrons. The fraction of sp³-hybridized carbons (Fsp3) is 0.167. The summed E-state index contributed by atoms with van der Waals surface area (Å²) in [6.45, 7) is -0.972. The highest BCUT2D eigenvalue weighted by Gasteiger charge is 2.13. The lowest BCUT2D eigenvalue weighted by atomic mass is 10.1. The van der Waals surface area contributed by atoms with Gasteiger partial charge in [0.25, 0.3) is 0 Å². The summed E-state index contributed by atoms with van der Waals surface area (Å²) in [6, 6.07) is 11.8. The lowest BCUT2D eigenvalue weighted by Crippen LogP contribution is -2.04. The predicted molar refractivity (Wildman–Crippen MR) is 84.2 cm³/mol. The molecule has 0 bridgehead atoms. The van der Waals surface area contributed by atoms with E-state index in [1.54, 1.807) is 6.08 Å². The number of benzene rings is 2. The third-order valence-corrected chi connectivity index (χ3v) is 3.17. The second-order valence-electron chi connectivity index (χ2n) is 4.85. The molecule has 23 heavy (non-hydrogen) atoms. The Hall–Kier alpha value is -2.69. The van der Waals surface area contributed by atoms with Crippen molar-refractivity contribution in [3.05, 3.63) is 65.2 Å². The van der Waals surface area contributed by atoms with Crippen LogP contribution < -0.4 is 9.47 Å². The summed E-state index contributed by atoms with van der Waals surface area (Å²) >= 11 is 0. The number of carbonyl (C=O) groups is 1. The van der Waals surface area contributed by atoms with Gasteiger partial charge in [-0.2, -0.15) is 8.78 Å². The van der Waals surface area contributed by atoms with E-state index in [1.807, 2.05) is 31.2 Å². The molecule has 0 N–H and O–H groups in total. The zero-order valence-electron chi connectivity index (χ0n) is 12.8. The van der Waals surface area contributed by atoms with Crippen molar-refractivity contribution in [1.29, 1.82) is 0 Å². The first-order valence-electron chi connectivity index (χ1n) is 6.91. The number of hydrogen-bond acceptors (Lipinski definition) is 3. The third-order valence-electron chi connectivity index (χ3n) is 3.17. The topological polar surface area (TPSA) is 35.5 Å². The van der Waals surface area contributed by atoms with Gasteiger partial charge in [-0.1, -0.05) is 35.9 Å². The second kappa shape index (κ2) is 7.54. The normalized spacial score (nSPS) is 11.0. The Labute approximate surface area is 133 Å². The molecule has 0 saturated carbocycles. The number of methoxy groups -OCH3 is 1. The van der Waals surface area contributed by atoms with E-state index >= 15 is 0 Å². The summed E-state index contributed by atoms with van der Waals surface area (Å²) in [5, 5.41) is 0. The van der Waals surface area contributed by atoms with E-state index in [0.29, 0.717) is 5.56 Å². The standard InChI is InChI=1S/C18H16F2O3/c1-12-3-5-13(6-4-12)7-9-15(21)14-8-10-16(23-18(19)20)17(11-14)22-2/h3-11,18H,1-2H3. The molecule has 5 heteroatoms. The molecule has 0 aliphatic rings. The highest BCUT2D eigenvalue weighted by atomic mass is 19.3. The van der Waals surface area contributed by atoms with E-state index in [2.05, 4.69) is 4.74 Å². The first-order valence-corrected chi connectivity index (χ1v) is 6.91. The van der Waals surface area contributed by atoms with E-state index in [-0.39, 0.29) is 17.3 Å². The van der Waals surface area contributed by atoms with Crippen LogP contribution in [0.3, 0.4) is 0 Å². The van der Waals surface area contributed by atoms with Gasteiger partial charge in [0.05, 0.1) is 7.11 Å². The molecule has 3 nitrogen and oxygen atoms in total. The molecule has 0 saturated heterocycles. The fourth-order valence-corrected chi connectivity index (χ4v) is 1.96. The summed E-state index contributed by atoms with van der Waals surface area (Å²) in [4.78, 5) is 12.2. The molecule has 2 aromatic carbocycles.